The molecule has 1 aromatic heterocycles. The summed E-state index contributed by atoms with van der Waals surface area (Å²) in [5, 5.41) is 5.23. The van der Waals surface area contributed by atoms with Crippen LogP contribution in [-0.4, -0.2) is 18.0 Å². The van der Waals surface area contributed by atoms with Crippen molar-refractivity contribution >= 4 is 28.1 Å². The molecule has 5 nitrogen and oxygen atoms in total. The Morgan fingerprint density at radius 1 is 1.17 bits per heavy atom. The molecule has 116 valence electrons. The molecular formula is C17H15N3O2S. The van der Waals surface area contributed by atoms with Crippen molar-refractivity contribution in [2.24, 2.45) is 0 Å². The first-order valence-electron chi connectivity index (χ1n) is 6.93. The monoisotopic (exact) mass is 325 g/mol. The Morgan fingerprint density at radius 2 is 1.91 bits per heavy atom. The molecule has 0 fully saturated rings. The number of para-hydroxylation sites is 1. The van der Waals surface area contributed by atoms with E-state index >= 15 is 0 Å². The van der Waals surface area contributed by atoms with Gasteiger partial charge in [0.25, 0.3) is 5.91 Å². The smallest absolute Gasteiger partial charge is 0.261 e. The molecule has 1 heterocycles. The number of nitrogens with zero attached hydrogens (tertiary/aromatic N) is 1. The number of hydrogen-bond acceptors (Lipinski definition) is 5. The number of benzene rings is 2. The molecule has 0 unspecified atom stereocenters. The van der Waals surface area contributed by atoms with E-state index in [0.29, 0.717) is 22.1 Å². The van der Waals surface area contributed by atoms with Gasteiger partial charge in [-0.25, -0.2) is 4.98 Å². The fourth-order valence-electron chi connectivity index (χ4n) is 2.11. The van der Waals surface area contributed by atoms with Crippen LogP contribution in [0.25, 0.3) is 11.3 Å². The van der Waals surface area contributed by atoms with Crippen LogP contribution in [0.2, 0.25) is 0 Å². The number of carbonyl (C=O) groups is 1. The maximum Gasteiger partial charge on any atom is 0.261 e. The van der Waals surface area contributed by atoms with Gasteiger partial charge in [0.2, 0.25) is 0 Å². The van der Waals surface area contributed by atoms with Crippen molar-refractivity contribution in [1.29, 1.82) is 0 Å². The number of methoxy groups -OCH3 is 1. The highest BCUT2D eigenvalue weighted by Crippen LogP contribution is 2.26. The lowest BCUT2D eigenvalue weighted by Gasteiger charge is -2.07. The predicted molar refractivity (Wildman–Crippen MR) is 92.9 cm³/mol. The number of thiazole rings is 1. The SMILES string of the molecule is COc1ccccc1C(=O)Nc1nc(-c2ccc(N)cc2)cs1. The maximum absolute atomic E-state index is 12.3. The Labute approximate surface area is 137 Å². The molecule has 0 aliphatic carbocycles. The van der Waals surface area contributed by atoms with Gasteiger partial charge in [0, 0.05) is 16.6 Å². The van der Waals surface area contributed by atoms with Crippen LogP contribution in [-0.2, 0) is 0 Å². The van der Waals surface area contributed by atoms with E-state index in [0.717, 1.165) is 11.3 Å². The van der Waals surface area contributed by atoms with Crippen LogP contribution in [0.15, 0.2) is 53.9 Å². The lowest BCUT2D eigenvalue weighted by molar-refractivity contribution is 0.102. The fourth-order valence-corrected chi connectivity index (χ4v) is 2.83. The minimum Gasteiger partial charge on any atom is -0.496 e. The average molecular weight is 325 g/mol. The van der Waals surface area contributed by atoms with Crippen LogP contribution in [0.5, 0.6) is 5.75 Å². The number of nitrogens with two attached hydrogens (primary N) is 1. The minimum atomic E-state index is -0.249. The van der Waals surface area contributed by atoms with E-state index in [-0.39, 0.29) is 5.91 Å². The van der Waals surface area contributed by atoms with E-state index in [2.05, 4.69) is 10.3 Å². The van der Waals surface area contributed by atoms with Gasteiger partial charge in [-0.15, -0.1) is 11.3 Å². The van der Waals surface area contributed by atoms with Gasteiger partial charge < -0.3 is 10.5 Å². The van der Waals surface area contributed by atoms with Crippen LogP contribution in [0, 0.1) is 0 Å². The van der Waals surface area contributed by atoms with Gasteiger partial charge in [0.1, 0.15) is 5.75 Å². The Hall–Kier alpha value is -2.86. The average Bonchev–Trinajstić information content (AvgIpc) is 3.04. The number of rotatable bonds is 4. The van der Waals surface area contributed by atoms with Gasteiger partial charge in [-0.05, 0) is 24.3 Å². The number of amides is 1. The van der Waals surface area contributed by atoms with Crippen molar-refractivity contribution in [3.8, 4) is 17.0 Å². The minimum absolute atomic E-state index is 0.249. The van der Waals surface area contributed by atoms with Crippen LogP contribution in [0.1, 0.15) is 10.4 Å². The number of aromatic nitrogens is 1. The third kappa shape index (κ3) is 3.32. The first kappa shape index (κ1) is 15.1. The first-order chi connectivity index (χ1) is 11.2. The first-order valence-corrected chi connectivity index (χ1v) is 7.81. The fraction of sp³-hybridized carbons (Fsp3) is 0.0588. The predicted octanol–water partition coefficient (Wildman–Crippen LogP) is 3.65. The van der Waals surface area contributed by atoms with Crippen LogP contribution >= 0.6 is 11.3 Å². The summed E-state index contributed by atoms with van der Waals surface area (Å²) in [6.45, 7) is 0. The molecule has 0 saturated carbocycles. The summed E-state index contributed by atoms with van der Waals surface area (Å²) in [5.41, 5.74) is 8.60. The van der Waals surface area contributed by atoms with Gasteiger partial charge >= 0.3 is 0 Å². The number of hydrogen-bond donors (Lipinski definition) is 2. The lowest BCUT2D eigenvalue weighted by atomic mass is 10.1. The van der Waals surface area contributed by atoms with E-state index in [9.17, 15) is 4.79 Å². The van der Waals surface area contributed by atoms with Crippen molar-refractivity contribution < 1.29 is 9.53 Å². The molecule has 0 radical (unpaired) electrons. The van der Waals surface area contributed by atoms with Crippen molar-refractivity contribution in [2.75, 3.05) is 18.2 Å². The van der Waals surface area contributed by atoms with E-state index in [1.54, 1.807) is 18.2 Å². The molecule has 3 N–H and O–H groups in total. The molecule has 0 saturated heterocycles. The number of ether oxygens (including phenoxy) is 1. The zero-order chi connectivity index (χ0) is 16.2. The third-order valence-corrected chi connectivity index (χ3v) is 4.04. The molecule has 0 atom stereocenters. The van der Waals surface area contributed by atoms with Crippen molar-refractivity contribution in [3.63, 3.8) is 0 Å². The highest BCUT2D eigenvalue weighted by molar-refractivity contribution is 7.14. The highest BCUT2D eigenvalue weighted by atomic mass is 32.1. The summed E-state index contributed by atoms with van der Waals surface area (Å²) in [5.74, 6) is 0.279. The molecule has 1 amide bonds. The zero-order valence-corrected chi connectivity index (χ0v) is 13.3. The largest absolute Gasteiger partial charge is 0.496 e. The van der Waals surface area contributed by atoms with Gasteiger partial charge in [0.05, 0.1) is 18.4 Å². The standard InChI is InChI=1S/C17H15N3O2S/c1-22-15-5-3-2-4-13(15)16(21)20-17-19-14(10-23-17)11-6-8-12(18)9-7-11/h2-10H,18H2,1H3,(H,19,20,21). The zero-order valence-electron chi connectivity index (χ0n) is 12.4. The Balaban J connectivity index is 1.79. The summed E-state index contributed by atoms with van der Waals surface area (Å²) >= 11 is 1.37. The molecule has 0 aliphatic rings. The van der Waals surface area contributed by atoms with E-state index in [1.165, 1.54) is 18.4 Å². The van der Waals surface area contributed by atoms with E-state index in [1.807, 2.05) is 35.7 Å². The van der Waals surface area contributed by atoms with Gasteiger partial charge in [0.15, 0.2) is 5.13 Å². The molecule has 0 bridgehead atoms. The second kappa shape index (κ2) is 6.50. The van der Waals surface area contributed by atoms with E-state index in [4.69, 9.17) is 10.5 Å². The topological polar surface area (TPSA) is 77.2 Å². The molecule has 0 aliphatic heterocycles. The summed E-state index contributed by atoms with van der Waals surface area (Å²) in [6.07, 6.45) is 0. The van der Waals surface area contributed by atoms with Gasteiger partial charge in [-0.3, -0.25) is 10.1 Å². The van der Waals surface area contributed by atoms with Gasteiger partial charge in [-0.1, -0.05) is 24.3 Å². The second-order valence-electron chi connectivity index (χ2n) is 4.81. The van der Waals surface area contributed by atoms with Crippen LogP contribution in [0.4, 0.5) is 10.8 Å². The Bertz CT molecular complexity index is 828. The van der Waals surface area contributed by atoms with Crippen molar-refractivity contribution in [1.82, 2.24) is 4.98 Å². The molecular weight excluding hydrogens is 310 g/mol. The third-order valence-electron chi connectivity index (χ3n) is 3.28. The summed E-state index contributed by atoms with van der Waals surface area (Å²) in [4.78, 5) is 16.8. The van der Waals surface area contributed by atoms with Crippen LogP contribution in [0.3, 0.4) is 0 Å². The number of anilines is 2. The van der Waals surface area contributed by atoms with Gasteiger partial charge in [-0.2, -0.15) is 0 Å². The van der Waals surface area contributed by atoms with Crippen LogP contribution < -0.4 is 15.8 Å². The lowest BCUT2D eigenvalue weighted by Crippen LogP contribution is -2.12. The second-order valence-corrected chi connectivity index (χ2v) is 5.67. The number of carbonyl (C=O) groups excluding carboxylic acids is 1. The molecule has 6 heteroatoms. The molecule has 3 aromatic rings. The molecule has 23 heavy (non-hydrogen) atoms. The summed E-state index contributed by atoms with van der Waals surface area (Å²) < 4.78 is 5.20. The highest BCUT2D eigenvalue weighted by Gasteiger charge is 2.13. The quantitative estimate of drug-likeness (QED) is 0.718. The molecule has 3 rings (SSSR count). The molecule has 2 aromatic carbocycles. The summed E-state index contributed by atoms with van der Waals surface area (Å²) in [7, 11) is 1.54. The van der Waals surface area contributed by atoms with Crippen molar-refractivity contribution in [3.05, 3.63) is 59.5 Å². The molecule has 0 spiro atoms. The Kier molecular flexibility index (Phi) is 4.25. The normalized spacial score (nSPS) is 10.3. The van der Waals surface area contributed by atoms with Crippen molar-refractivity contribution in [2.45, 2.75) is 0 Å². The maximum atomic E-state index is 12.3. The summed E-state index contributed by atoms with van der Waals surface area (Å²) in [6, 6.07) is 14.5. The number of nitrogen functional groups attached to an aromatic ring is 1. The Morgan fingerprint density at radius 3 is 2.65 bits per heavy atom. The number of nitrogens with one attached hydrogen (secondary N) is 1. The van der Waals surface area contributed by atoms with E-state index < -0.39 is 0 Å².